The first-order valence-electron chi connectivity index (χ1n) is 4.82. The van der Waals surface area contributed by atoms with Gasteiger partial charge in [-0.3, -0.25) is 0 Å². The minimum absolute atomic E-state index is 0.144. The van der Waals surface area contributed by atoms with Gasteiger partial charge in [-0.25, -0.2) is 8.78 Å². The summed E-state index contributed by atoms with van der Waals surface area (Å²) in [6, 6.07) is 0. The lowest BCUT2D eigenvalue weighted by molar-refractivity contribution is -0.0636. The van der Waals surface area contributed by atoms with Gasteiger partial charge in [0.25, 0.3) is 6.43 Å². The monoisotopic (exact) mass is 193 g/mol. The molecule has 0 bridgehead atoms. The van der Waals surface area contributed by atoms with E-state index in [0.29, 0.717) is 19.6 Å². The van der Waals surface area contributed by atoms with Gasteiger partial charge in [0.05, 0.1) is 6.61 Å². The summed E-state index contributed by atoms with van der Waals surface area (Å²) in [4.78, 5) is 0. The van der Waals surface area contributed by atoms with Crippen LogP contribution >= 0.6 is 0 Å². The van der Waals surface area contributed by atoms with Crippen LogP contribution in [0, 0.1) is 0 Å². The molecule has 0 aliphatic carbocycles. The minimum atomic E-state index is -2.33. The highest BCUT2D eigenvalue weighted by atomic mass is 19.3. The molecule has 1 atom stereocenters. The molecule has 1 heterocycles. The Hall–Kier alpha value is -0.220. The number of ether oxygens (including phenoxy) is 1. The Morgan fingerprint density at radius 2 is 2.31 bits per heavy atom. The van der Waals surface area contributed by atoms with Crippen LogP contribution in [0.3, 0.4) is 0 Å². The quantitative estimate of drug-likeness (QED) is 0.735. The van der Waals surface area contributed by atoms with E-state index in [4.69, 9.17) is 4.74 Å². The molecule has 0 aromatic heterocycles. The molecule has 1 rings (SSSR count). The van der Waals surface area contributed by atoms with E-state index in [1.54, 1.807) is 0 Å². The summed E-state index contributed by atoms with van der Waals surface area (Å²) in [5.74, 6) is 0. The van der Waals surface area contributed by atoms with Gasteiger partial charge in [0.1, 0.15) is 5.54 Å². The van der Waals surface area contributed by atoms with E-state index in [2.05, 4.69) is 5.32 Å². The van der Waals surface area contributed by atoms with Crippen molar-refractivity contribution in [2.75, 3.05) is 19.8 Å². The summed E-state index contributed by atoms with van der Waals surface area (Å²) < 4.78 is 30.6. The van der Waals surface area contributed by atoms with Crippen molar-refractivity contribution in [3.63, 3.8) is 0 Å². The summed E-state index contributed by atoms with van der Waals surface area (Å²) in [7, 11) is 0. The molecule has 1 saturated heterocycles. The summed E-state index contributed by atoms with van der Waals surface area (Å²) in [5.41, 5.74) is -1.08. The molecule has 0 saturated carbocycles. The fourth-order valence-electron chi connectivity index (χ4n) is 1.58. The Morgan fingerprint density at radius 1 is 1.54 bits per heavy atom. The lowest BCUT2D eigenvalue weighted by atomic mass is 9.93. The van der Waals surface area contributed by atoms with Gasteiger partial charge in [-0.1, -0.05) is 6.92 Å². The first kappa shape index (κ1) is 10.9. The van der Waals surface area contributed by atoms with Crippen molar-refractivity contribution in [2.45, 2.75) is 38.2 Å². The topological polar surface area (TPSA) is 21.3 Å². The number of halogens is 2. The van der Waals surface area contributed by atoms with Gasteiger partial charge in [0.2, 0.25) is 0 Å². The van der Waals surface area contributed by atoms with Crippen LogP contribution in [0.1, 0.15) is 26.2 Å². The summed E-state index contributed by atoms with van der Waals surface area (Å²) >= 11 is 0. The molecule has 78 valence electrons. The maximum absolute atomic E-state index is 12.8. The average Bonchev–Trinajstić information content (AvgIpc) is 2.16. The first-order valence-corrected chi connectivity index (χ1v) is 4.82. The maximum Gasteiger partial charge on any atom is 0.258 e. The highest BCUT2D eigenvalue weighted by Gasteiger charge is 2.41. The van der Waals surface area contributed by atoms with Gasteiger partial charge < -0.3 is 10.1 Å². The third-order valence-electron chi connectivity index (χ3n) is 2.42. The average molecular weight is 193 g/mol. The van der Waals surface area contributed by atoms with Gasteiger partial charge in [-0.15, -0.1) is 0 Å². The fourth-order valence-corrected chi connectivity index (χ4v) is 1.58. The van der Waals surface area contributed by atoms with Gasteiger partial charge in [0, 0.05) is 6.61 Å². The van der Waals surface area contributed by atoms with Gasteiger partial charge >= 0.3 is 0 Å². The van der Waals surface area contributed by atoms with Crippen molar-refractivity contribution < 1.29 is 13.5 Å². The highest BCUT2D eigenvalue weighted by Crippen LogP contribution is 2.26. The van der Waals surface area contributed by atoms with E-state index >= 15 is 0 Å². The van der Waals surface area contributed by atoms with Crippen LogP contribution in [0.15, 0.2) is 0 Å². The summed E-state index contributed by atoms with van der Waals surface area (Å²) in [5, 5.41) is 2.91. The van der Waals surface area contributed by atoms with Crippen molar-refractivity contribution in [3.8, 4) is 0 Å². The first-order chi connectivity index (χ1) is 6.21. The lowest BCUT2D eigenvalue weighted by Crippen LogP contribution is -2.57. The van der Waals surface area contributed by atoms with E-state index in [-0.39, 0.29) is 6.61 Å². The van der Waals surface area contributed by atoms with Gasteiger partial charge in [-0.05, 0) is 25.8 Å². The van der Waals surface area contributed by atoms with Crippen molar-refractivity contribution in [1.82, 2.24) is 5.32 Å². The SMILES string of the molecule is CCCNC1(C(F)F)CCCOC1. The third-order valence-corrected chi connectivity index (χ3v) is 2.42. The zero-order valence-corrected chi connectivity index (χ0v) is 7.98. The van der Waals surface area contributed by atoms with Crippen molar-refractivity contribution >= 4 is 0 Å². The van der Waals surface area contributed by atoms with E-state index in [1.807, 2.05) is 6.92 Å². The second kappa shape index (κ2) is 4.86. The van der Waals surface area contributed by atoms with Crippen molar-refractivity contribution in [3.05, 3.63) is 0 Å². The second-order valence-electron chi connectivity index (χ2n) is 3.54. The zero-order valence-electron chi connectivity index (χ0n) is 7.98. The molecule has 0 aromatic carbocycles. The predicted molar refractivity (Wildman–Crippen MR) is 47.1 cm³/mol. The third kappa shape index (κ3) is 2.61. The number of nitrogens with one attached hydrogen (secondary N) is 1. The maximum atomic E-state index is 12.8. The highest BCUT2D eigenvalue weighted by molar-refractivity contribution is 4.92. The molecule has 1 aliphatic rings. The Kier molecular flexibility index (Phi) is 4.06. The largest absolute Gasteiger partial charge is 0.379 e. The minimum Gasteiger partial charge on any atom is -0.379 e. The molecule has 0 spiro atoms. The standard InChI is InChI=1S/C9H17F2NO/c1-2-5-12-9(8(10)11)4-3-6-13-7-9/h8,12H,2-7H2,1H3. The number of hydrogen-bond donors (Lipinski definition) is 1. The Morgan fingerprint density at radius 3 is 2.77 bits per heavy atom. The van der Waals surface area contributed by atoms with Crippen molar-refractivity contribution in [2.24, 2.45) is 0 Å². The van der Waals surface area contributed by atoms with Crippen LogP contribution in [-0.2, 0) is 4.74 Å². The molecule has 1 unspecified atom stereocenters. The van der Waals surface area contributed by atoms with Crippen LogP contribution in [0.4, 0.5) is 8.78 Å². The van der Waals surface area contributed by atoms with Gasteiger partial charge in [0.15, 0.2) is 0 Å². The van der Waals surface area contributed by atoms with Crippen LogP contribution in [0.5, 0.6) is 0 Å². The molecule has 0 aromatic rings. The Labute approximate surface area is 77.6 Å². The predicted octanol–water partition coefficient (Wildman–Crippen LogP) is 1.80. The molecule has 1 fully saturated rings. The summed E-state index contributed by atoms with van der Waals surface area (Å²) in [6.45, 7) is 3.36. The smallest absolute Gasteiger partial charge is 0.258 e. The second-order valence-corrected chi connectivity index (χ2v) is 3.54. The molecule has 4 heteroatoms. The molecule has 0 radical (unpaired) electrons. The number of alkyl halides is 2. The zero-order chi connectivity index (χ0) is 9.73. The molecule has 1 aliphatic heterocycles. The summed E-state index contributed by atoms with van der Waals surface area (Å²) in [6.07, 6.45) is -0.223. The normalized spacial score (nSPS) is 29.5. The van der Waals surface area contributed by atoms with Crippen LogP contribution in [-0.4, -0.2) is 31.7 Å². The fraction of sp³-hybridized carbons (Fsp3) is 1.00. The van der Waals surface area contributed by atoms with Crippen LogP contribution < -0.4 is 5.32 Å². The van der Waals surface area contributed by atoms with Crippen LogP contribution in [0.25, 0.3) is 0 Å². The Balaban J connectivity index is 2.51. The molecule has 2 nitrogen and oxygen atoms in total. The van der Waals surface area contributed by atoms with Crippen LogP contribution in [0.2, 0.25) is 0 Å². The number of rotatable bonds is 4. The van der Waals surface area contributed by atoms with E-state index < -0.39 is 12.0 Å². The van der Waals surface area contributed by atoms with Gasteiger partial charge in [-0.2, -0.15) is 0 Å². The van der Waals surface area contributed by atoms with E-state index in [1.165, 1.54) is 0 Å². The number of hydrogen-bond acceptors (Lipinski definition) is 2. The van der Waals surface area contributed by atoms with E-state index in [9.17, 15) is 8.78 Å². The van der Waals surface area contributed by atoms with Crippen molar-refractivity contribution in [1.29, 1.82) is 0 Å². The molecule has 0 amide bonds. The molecule has 13 heavy (non-hydrogen) atoms. The molecule has 1 N–H and O–H groups in total. The lowest BCUT2D eigenvalue weighted by Gasteiger charge is -2.37. The Bertz CT molecular complexity index is 147. The molecular weight excluding hydrogens is 176 g/mol. The van der Waals surface area contributed by atoms with E-state index in [0.717, 1.165) is 12.8 Å². The molecular formula is C9H17F2NO.